The molecule has 0 saturated carbocycles. The van der Waals surface area contributed by atoms with Crippen LogP contribution < -0.4 is 10.3 Å². The molecule has 0 bridgehead atoms. The van der Waals surface area contributed by atoms with E-state index in [0.717, 1.165) is 28.9 Å². The fourth-order valence-electron chi connectivity index (χ4n) is 3.04. The monoisotopic (exact) mass is 345 g/mol. The van der Waals surface area contributed by atoms with Crippen molar-refractivity contribution >= 4 is 22.4 Å². The van der Waals surface area contributed by atoms with E-state index < -0.39 is 0 Å². The number of fused-ring (bicyclic) bond motifs is 1. The zero-order chi connectivity index (χ0) is 17.3. The third-order valence-electron chi connectivity index (χ3n) is 4.14. The molecule has 2 heterocycles. The van der Waals surface area contributed by atoms with Gasteiger partial charge in [0.2, 0.25) is 5.88 Å². The molecule has 5 nitrogen and oxygen atoms in total. The minimum Gasteiger partial charge on any atom is -0.476 e. The van der Waals surface area contributed by atoms with Crippen LogP contribution in [0.1, 0.15) is 17.8 Å². The lowest BCUT2D eigenvalue weighted by atomic mass is 10.2. The zero-order valence-corrected chi connectivity index (χ0v) is 14.8. The van der Waals surface area contributed by atoms with Gasteiger partial charge in [-0.3, -0.25) is 4.79 Å². The normalized spacial score (nSPS) is 11.2. The minimum atomic E-state index is -0.120. The van der Waals surface area contributed by atoms with E-state index in [1.54, 1.807) is 7.05 Å². The summed E-state index contributed by atoms with van der Waals surface area (Å²) in [7, 11) is 1.64. The number of hydrogen-bond acceptors (Lipinski definition) is 3. The SMILES string of the molecule is Cc1c2c(OCCCCl)nn(C)c(=O)c2c(C)n1-c1ccccc1. The van der Waals surface area contributed by atoms with Crippen molar-refractivity contribution in [2.75, 3.05) is 12.5 Å². The van der Waals surface area contributed by atoms with E-state index in [1.165, 1.54) is 4.68 Å². The van der Waals surface area contributed by atoms with Crippen LogP contribution in [0.25, 0.3) is 16.5 Å². The Kier molecular flexibility index (Phi) is 4.62. The minimum absolute atomic E-state index is 0.120. The fourth-order valence-corrected chi connectivity index (χ4v) is 3.15. The summed E-state index contributed by atoms with van der Waals surface area (Å²) in [5.41, 5.74) is 2.72. The molecular formula is C18H20ClN3O2. The predicted octanol–water partition coefficient (Wildman–Crippen LogP) is 3.35. The van der Waals surface area contributed by atoms with Crippen molar-refractivity contribution in [2.45, 2.75) is 20.3 Å². The Morgan fingerprint density at radius 1 is 1.12 bits per heavy atom. The van der Waals surface area contributed by atoms with Crippen molar-refractivity contribution < 1.29 is 4.74 Å². The highest BCUT2D eigenvalue weighted by molar-refractivity contribution is 6.17. The first kappa shape index (κ1) is 16.6. The lowest BCUT2D eigenvalue weighted by molar-refractivity contribution is 0.302. The van der Waals surface area contributed by atoms with Crippen molar-refractivity contribution in [1.29, 1.82) is 0 Å². The van der Waals surface area contributed by atoms with Crippen LogP contribution in [-0.2, 0) is 7.05 Å². The van der Waals surface area contributed by atoms with Gasteiger partial charge in [-0.25, -0.2) is 4.68 Å². The maximum Gasteiger partial charge on any atom is 0.276 e. The third kappa shape index (κ3) is 2.69. The Morgan fingerprint density at radius 3 is 2.46 bits per heavy atom. The molecule has 3 rings (SSSR count). The summed E-state index contributed by atoms with van der Waals surface area (Å²) in [5.74, 6) is 1.00. The first-order chi connectivity index (χ1) is 11.6. The van der Waals surface area contributed by atoms with Crippen LogP contribution in [0.2, 0.25) is 0 Å². The predicted molar refractivity (Wildman–Crippen MR) is 96.6 cm³/mol. The van der Waals surface area contributed by atoms with Crippen LogP contribution in [0.3, 0.4) is 0 Å². The number of aromatic nitrogens is 3. The van der Waals surface area contributed by atoms with Crippen molar-refractivity contribution in [2.24, 2.45) is 7.05 Å². The quantitative estimate of drug-likeness (QED) is 0.526. The molecule has 126 valence electrons. The second-order valence-electron chi connectivity index (χ2n) is 5.72. The van der Waals surface area contributed by atoms with Crippen molar-refractivity contribution in [1.82, 2.24) is 14.3 Å². The lowest BCUT2D eigenvalue weighted by Crippen LogP contribution is -2.21. The summed E-state index contributed by atoms with van der Waals surface area (Å²) in [5, 5.41) is 5.73. The van der Waals surface area contributed by atoms with Gasteiger partial charge in [-0.15, -0.1) is 16.7 Å². The largest absolute Gasteiger partial charge is 0.476 e. The molecule has 0 aliphatic heterocycles. The van der Waals surface area contributed by atoms with Crippen LogP contribution in [0.15, 0.2) is 35.1 Å². The van der Waals surface area contributed by atoms with Gasteiger partial charge in [-0.1, -0.05) is 18.2 Å². The molecule has 0 aliphatic carbocycles. The average molecular weight is 346 g/mol. The van der Waals surface area contributed by atoms with Gasteiger partial charge in [0.05, 0.1) is 17.4 Å². The number of alkyl halides is 1. The molecule has 0 fully saturated rings. The lowest BCUT2D eigenvalue weighted by Gasteiger charge is -2.09. The molecule has 0 spiro atoms. The smallest absolute Gasteiger partial charge is 0.276 e. The Labute approximate surface area is 145 Å². The topological polar surface area (TPSA) is 49.1 Å². The number of hydrogen-bond donors (Lipinski definition) is 0. The third-order valence-corrected chi connectivity index (χ3v) is 4.41. The van der Waals surface area contributed by atoms with Gasteiger partial charge in [0.1, 0.15) is 0 Å². The van der Waals surface area contributed by atoms with Crippen LogP contribution in [-0.4, -0.2) is 26.8 Å². The highest BCUT2D eigenvalue weighted by atomic mass is 35.5. The molecule has 6 heteroatoms. The highest BCUT2D eigenvalue weighted by Crippen LogP contribution is 2.31. The number of ether oxygens (including phenoxy) is 1. The standard InChI is InChI=1S/C18H20ClN3O2/c1-12-15-16(13(2)22(12)14-8-5-4-6-9-14)18(23)21(3)20-17(15)24-11-7-10-19/h4-6,8-9H,7,10-11H2,1-3H3. The van der Waals surface area contributed by atoms with Crippen molar-refractivity contribution in [3.05, 3.63) is 52.1 Å². The summed E-state index contributed by atoms with van der Waals surface area (Å²) in [6.45, 7) is 4.41. The van der Waals surface area contributed by atoms with Crippen LogP contribution in [0.5, 0.6) is 5.88 Å². The number of rotatable bonds is 5. The summed E-state index contributed by atoms with van der Waals surface area (Å²) in [6, 6.07) is 9.97. The van der Waals surface area contributed by atoms with Gasteiger partial charge < -0.3 is 9.30 Å². The molecule has 1 aromatic carbocycles. The number of halogens is 1. The highest BCUT2D eigenvalue weighted by Gasteiger charge is 2.21. The molecule has 3 aromatic rings. The Bertz CT molecular complexity index is 929. The van der Waals surface area contributed by atoms with E-state index in [0.29, 0.717) is 23.8 Å². The molecule has 0 unspecified atom stereocenters. The second-order valence-corrected chi connectivity index (χ2v) is 6.09. The van der Waals surface area contributed by atoms with E-state index in [-0.39, 0.29) is 5.56 Å². The van der Waals surface area contributed by atoms with E-state index in [1.807, 2.05) is 44.2 Å². The van der Waals surface area contributed by atoms with Gasteiger partial charge in [-0.2, -0.15) is 0 Å². The Morgan fingerprint density at radius 2 is 1.79 bits per heavy atom. The summed E-state index contributed by atoms with van der Waals surface area (Å²) < 4.78 is 9.22. The summed E-state index contributed by atoms with van der Waals surface area (Å²) in [6.07, 6.45) is 0.727. The van der Waals surface area contributed by atoms with Gasteiger partial charge >= 0.3 is 0 Å². The molecule has 0 radical (unpaired) electrons. The number of para-hydroxylation sites is 1. The van der Waals surface area contributed by atoms with Gasteiger partial charge in [0.15, 0.2) is 0 Å². The maximum atomic E-state index is 12.6. The van der Waals surface area contributed by atoms with Gasteiger partial charge in [-0.05, 0) is 32.4 Å². The van der Waals surface area contributed by atoms with E-state index >= 15 is 0 Å². The first-order valence-electron chi connectivity index (χ1n) is 7.89. The number of nitrogens with zero attached hydrogens (tertiary/aromatic N) is 3. The second kappa shape index (κ2) is 6.69. The first-order valence-corrected chi connectivity index (χ1v) is 8.42. The average Bonchev–Trinajstić information content (AvgIpc) is 2.84. The maximum absolute atomic E-state index is 12.6. The van der Waals surface area contributed by atoms with Gasteiger partial charge in [0.25, 0.3) is 5.56 Å². The van der Waals surface area contributed by atoms with E-state index in [4.69, 9.17) is 16.3 Å². The summed E-state index contributed by atoms with van der Waals surface area (Å²) in [4.78, 5) is 12.6. The summed E-state index contributed by atoms with van der Waals surface area (Å²) >= 11 is 5.72. The van der Waals surface area contributed by atoms with Crippen molar-refractivity contribution in [3.8, 4) is 11.6 Å². The molecule has 0 aliphatic rings. The molecule has 2 aromatic heterocycles. The van der Waals surface area contributed by atoms with E-state index in [9.17, 15) is 4.79 Å². The molecule has 0 saturated heterocycles. The number of aryl methyl sites for hydroxylation is 3. The van der Waals surface area contributed by atoms with Crippen LogP contribution in [0, 0.1) is 13.8 Å². The Hall–Kier alpha value is -2.27. The molecule has 0 atom stereocenters. The Balaban J connectivity index is 2.29. The number of benzene rings is 1. The molecule has 0 N–H and O–H groups in total. The van der Waals surface area contributed by atoms with Gasteiger partial charge in [0, 0.05) is 30.0 Å². The van der Waals surface area contributed by atoms with Crippen molar-refractivity contribution in [3.63, 3.8) is 0 Å². The van der Waals surface area contributed by atoms with E-state index in [2.05, 4.69) is 9.67 Å². The fraction of sp³-hybridized carbons (Fsp3) is 0.333. The molecular weight excluding hydrogens is 326 g/mol. The zero-order valence-electron chi connectivity index (χ0n) is 14.0. The molecule has 0 amide bonds. The molecule has 24 heavy (non-hydrogen) atoms. The van der Waals surface area contributed by atoms with Crippen LogP contribution >= 0.6 is 11.6 Å². The van der Waals surface area contributed by atoms with Crippen LogP contribution in [0.4, 0.5) is 0 Å².